The molecule has 3 rings (SSSR count). The summed E-state index contributed by atoms with van der Waals surface area (Å²) in [7, 11) is 0. The quantitative estimate of drug-likeness (QED) is 0.721. The van der Waals surface area contributed by atoms with Crippen LogP contribution in [0.3, 0.4) is 0 Å². The number of fused-ring (bicyclic) bond motifs is 1. The summed E-state index contributed by atoms with van der Waals surface area (Å²) in [5.74, 6) is 1.87. The fraction of sp³-hybridized carbons (Fsp3) is 0.294. The van der Waals surface area contributed by atoms with Gasteiger partial charge in [0, 0.05) is 13.0 Å². The van der Waals surface area contributed by atoms with E-state index in [1.54, 1.807) is 6.26 Å². The first-order valence-corrected chi connectivity index (χ1v) is 7.25. The Morgan fingerprint density at radius 3 is 2.86 bits per heavy atom. The van der Waals surface area contributed by atoms with Crippen molar-refractivity contribution >= 4 is 11.0 Å². The molecule has 0 aliphatic heterocycles. The third-order valence-corrected chi connectivity index (χ3v) is 3.63. The van der Waals surface area contributed by atoms with Crippen molar-refractivity contribution in [3.63, 3.8) is 0 Å². The van der Waals surface area contributed by atoms with Crippen LogP contribution in [0.5, 0.6) is 0 Å². The summed E-state index contributed by atoms with van der Waals surface area (Å²) < 4.78 is 7.75. The Bertz CT molecular complexity index is 820. The summed E-state index contributed by atoms with van der Waals surface area (Å²) in [5.41, 5.74) is 3.61. The summed E-state index contributed by atoms with van der Waals surface area (Å²) in [5, 5.41) is 9.04. The largest absolute Gasteiger partial charge is 0.469 e. The highest BCUT2D eigenvalue weighted by atomic mass is 16.3. The van der Waals surface area contributed by atoms with E-state index in [4.69, 9.17) is 14.7 Å². The highest BCUT2D eigenvalue weighted by Crippen LogP contribution is 2.29. The molecule has 106 valence electrons. The number of furan rings is 1. The molecule has 4 heteroatoms. The first-order chi connectivity index (χ1) is 10.3. The first-order valence-electron chi connectivity index (χ1n) is 7.25. The lowest BCUT2D eigenvalue weighted by Gasteiger charge is -2.07. The third kappa shape index (κ3) is 2.21. The van der Waals surface area contributed by atoms with E-state index in [-0.39, 0.29) is 0 Å². The molecular formula is C17H17N3O. The van der Waals surface area contributed by atoms with Crippen molar-refractivity contribution in [1.82, 2.24) is 9.55 Å². The third-order valence-electron chi connectivity index (χ3n) is 3.63. The Labute approximate surface area is 123 Å². The molecule has 2 aromatic heterocycles. The lowest BCUT2D eigenvalue weighted by Crippen LogP contribution is -2.00. The molecule has 0 saturated heterocycles. The maximum Gasteiger partial charge on any atom is 0.144 e. The van der Waals surface area contributed by atoms with Gasteiger partial charge in [0.05, 0.1) is 34.5 Å². The van der Waals surface area contributed by atoms with Crippen LogP contribution in [0.4, 0.5) is 0 Å². The highest BCUT2D eigenvalue weighted by Gasteiger charge is 2.16. The normalized spacial score (nSPS) is 10.9. The van der Waals surface area contributed by atoms with Crippen LogP contribution in [0.1, 0.15) is 31.6 Å². The van der Waals surface area contributed by atoms with Gasteiger partial charge < -0.3 is 8.98 Å². The maximum absolute atomic E-state index is 9.04. The van der Waals surface area contributed by atoms with Crippen LogP contribution in [-0.2, 0) is 13.0 Å². The first kappa shape index (κ1) is 13.4. The molecule has 0 saturated carbocycles. The van der Waals surface area contributed by atoms with Gasteiger partial charge in [-0.15, -0.1) is 0 Å². The molecule has 0 N–H and O–H groups in total. The van der Waals surface area contributed by atoms with E-state index in [2.05, 4.69) is 24.5 Å². The molecule has 0 fully saturated rings. The molecule has 2 heterocycles. The fourth-order valence-electron chi connectivity index (χ4n) is 2.67. The number of benzene rings is 1. The van der Waals surface area contributed by atoms with Crippen LogP contribution in [0.2, 0.25) is 0 Å². The van der Waals surface area contributed by atoms with Gasteiger partial charge >= 0.3 is 0 Å². The molecule has 4 nitrogen and oxygen atoms in total. The smallest absolute Gasteiger partial charge is 0.144 e. The zero-order valence-electron chi connectivity index (χ0n) is 12.3. The predicted octanol–water partition coefficient (Wildman–Crippen LogP) is 4.14. The molecule has 0 spiro atoms. The Morgan fingerprint density at radius 1 is 1.29 bits per heavy atom. The number of nitrogens with zero attached hydrogens (tertiary/aromatic N) is 3. The fourth-order valence-corrected chi connectivity index (χ4v) is 2.67. The number of nitriles is 1. The van der Waals surface area contributed by atoms with E-state index in [1.807, 2.05) is 24.3 Å². The average molecular weight is 279 g/mol. The van der Waals surface area contributed by atoms with Gasteiger partial charge in [0.15, 0.2) is 0 Å². The monoisotopic (exact) mass is 279 g/mol. The summed E-state index contributed by atoms with van der Waals surface area (Å²) in [6.07, 6.45) is 3.57. The number of hydrogen-bond acceptors (Lipinski definition) is 3. The summed E-state index contributed by atoms with van der Waals surface area (Å²) in [6.45, 7) is 5.12. The molecular weight excluding hydrogens is 262 g/mol. The molecule has 0 aliphatic carbocycles. The number of aryl methyl sites for hydroxylation is 2. The van der Waals surface area contributed by atoms with Crippen LogP contribution < -0.4 is 0 Å². The van der Waals surface area contributed by atoms with E-state index >= 15 is 0 Å². The molecule has 0 aliphatic rings. The minimum absolute atomic E-state index is 0.637. The Hall–Kier alpha value is -2.54. The Morgan fingerprint density at radius 2 is 2.14 bits per heavy atom. The van der Waals surface area contributed by atoms with Crippen LogP contribution in [0, 0.1) is 11.3 Å². The standard InChI is InChI=1S/C17H17N3O/c1-3-8-20-15-6-5-12(11-18)10-14(15)19-17(20)13-7-9-21-16(13)4-2/h5-7,9-10H,3-4,8H2,1-2H3. The molecule has 0 atom stereocenters. The van der Waals surface area contributed by atoms with Gasteiger partial charge in [0.25, 0.3) is 0 Å². The topological polar surface area (TPSA) is 54.8 Å². The molecule has 1 aromatic carbocycles. The van der Waals surface area contributed by atoms with Crippen LogP contribution >= 0.6 is 0 Å². The van der Waals surface area contributed by atoms with E-state index in [9.17, 15) is 0 Å². The maximum atomic E-state index is 9.04. The predicted molar refractivity (Wildman–Crippen MR) is 81.8 cm³/mol. The van der Waals surface area contributed by atoms with Gasteiger partial charge in [0.1, 0.15) is 11.6 Å². The molecule has 0 unspecified atom stereocenters. The SMILES string of the molecule is CCCn1c(-c2ccoc2CC)nc2cc(C#N)ccc21. The van der Waals surface area contributed by atoms with E-state index in [1.165, 1.54) is 0 Å². The van der Waals surface area contributed by atoms with Crippen molar-refractivity contribution < 1.29 is 4.42 Å². The molecule has 0 amide bonds. The van der Waals surface area contributed by atoms with Crippen LogP contribution in [0.15, 0.2) is 34.9 Å². The Balaban J connectivity index is 2.26. The zero-order chi connectivity index (χ0) is 14.8. The van der Waals surface area contributed by atoms with Gasteiger partial charge in [-0.2, -0.15) is 5.26 Å². The second-order valence-electron chi connectivity index (χ2n) is 5.01. The molecule has 0 bridgehead atoms. The van der Waals surface area contributed by atoms with E-state index < -0.39 is 0 Å². The number of aromatic nitrogens is 2. The van der Waals surface area contributed by atoms with Crippen molar-refractivity contribution in [3.05, 3.63) is 41.9 Å². The van der Waals surface area contributed by atoms with Crippen molar-refractivity contribution in [2.45, 2.75) is 33.2 Å². The number of imidazole rings is 1. The van der Waals surface area contributed by atoms with Crippen LogP contribution in [-0.4, -0.2) is 9.55 Å². The van der Waals surface area contributed by atoms with Gasteiger partial charge in [-0.05, 0) is 30.7 Å². The van der Waals surface area contributed by atoms with Gasteiger partial charge in [-0.1, -0.05) is 13.8 Å². The number of rotatable bonds is 4. The zero-order valence-corrected chi connectivity index (χ0v) is 12.3. The van der Waals surface area contributed by atoms with E-state index in [0.29, 0.717) is 5.56 Å². The molecule has 21 heavy (non-hydrogen) atoms. The van der Waals surface area contributed by atoms with Crippen molar-refractivity contribution in [2.75, 3.05) is 0 Å². The summed E-state index contributed by atoms with van der Waals surface area (Å²) >= 11 is 0. The molecule has 3 aromatic rings. The average Bonchev–Trinajstić information content (AvgIpc) is 3.11. The lowest BCUT2D eigenvalue weighted by atomic mass is 10.2. The van der Waals surface area contributed by atoms with Crippen molar-refractivity contribution in [1.29, 1.82) is 5.26 Å². The van der Waals surface area contributed by atoms with Crippen LogP contribution in [0.25, 0.3) is 22.4 Å². The Kier molecular flexibility index (Phi) is 3.49. The van der Waals surface area contributed by atoms with E-state index in [0.717, 1.165) is 47.6 Å². The minimum Gasteiger partial charge on any atom is -0.469 e. The highest BCUT2D eigenvalue weighted by molar-refractivity contribution is 5.82. The van der Waals surface area contributed by atoms with Gasteiger partial charge in [-0.25, -0.2) is 4.98 Å². The minimum atomic E-state index is 0.637. The number of hydrogen-bond donors (Lipinski definition) is 0. The lowest BCUT2D eigenvalue weighted by molar-refractivity contribution is 0.516. The summed E-state index contributed by atoms with van der Waals surface area (Å²) in [6, 6.07) is 9.80. The van der Waals surface area contributed by atoms with Crippen molar-refractivity contribution in [3.8, 4) is 17.5 Å². The van der Waals surface area contributed by atoms with Crippen molar-refractivity contribution in [2.24, 2.45) is 0 Å². The second kappa shape index (κ2) is 5.45. The second-order valence-corrected chi connectivity index (χ2v) is 5.01. The van der Waals surface area contributed by atoms with Gasteiger partial charge in [0.2, 0.25) is 0 Å². The molecule has 0 radical (unpaired) electrons. The van der Waals surface area contributed by atoms with Gasteiger partial charge in [-0.3, -0.25) is 0 Å². The summed E-state index contributed by atoms with van der Waals surface area (Å²) in [4.78, 5) is 4.74.